The summed E-state index contributed by atoms with van der Waals surface area (Å²) < 4.78 is 31.0. The molecule has 0 bridgehead atoms. The number of hydrogen-bond acceptors (Lipinski definition) is 4. The molecule has 19 heavy (non-hydrogen) atoms. The maximum absolute atomic E-state index is 13.0. The first-order valence-corrected chi connectivity index (χ1v) is 5.79. The Morgan fingerprint density at radius 1 is 1.26 bits per heavy atom. The minimum atomic E-state index is -0.643. The van der Waals surface area contributed by atoms with Gasteiger partial charge in [-0.05, 0) is 24.6 Å². The van der Waals surface area contributed by atoms with Gasteiger partial charge in [0.05, 0.1) is 0 Å². The van der Waals surface area contributed by atoms with Gasteiger partial charge in [-0.15, -0.1) is 0 Å². The van der Waals surface area contributed by atoms with Gasteiger partial charge in [0.15, 0.2) is 5.82 Å². The number of Topliss-reactive ketones (excluding diaryl/α,β-unsaturated/α-hetero) is 1. The number of nitrogens with zero attached hydrogens (tertiary/aromatic N) is 2. The van der Waals surface area contributed by atoms with Crippen LogP contribution in [0, 0.1) is 11.6 Å². The van der Waals surface area contributed by atoms with Gasteiger partial charge in [-0.3, -0.25) is 0 Å². The average Bonchev–Trinajstić information content (AvgIpc) is 2.72. The van der Waals surface area contributed by atoms with Crippen molar-refractivity contribution in [2.24, 2.45) is 0 Å². The largest absolute Gasteiger partial charge is 0.339 e. The third kappa shape index (κ3) is 3.94. The van der Waals surface area contributed by atoms with E-state index in [0.29, 0.717) is 30.1 Å². The number of benzene rings is 1. The van der Waals surface area contributed by atoms with Crippen molar-refractivity contribution in [3.63, 3.8) is 0 Å². The minimum absolute atomic E-state index is 0.0342. The first-order valence-electron chi connectivity index (χ1n) is 5.79. The highest BCUT2D eigenvalue weighted by Gasteiger charge is 2.09. The smallest absolute Gasteiger partial charge is 0.227 e. The van der Waals surface area contributed by atoms with Crippen LogP contribution < -0.4 is 0 Å². The molecule has 2 rings (SSSR count). The van der Waals surface area contributed by atoms with Crippen LogP contribution in [0.25, 0.3) is 0 Å². The zero-order chi connectivity index (χ0) is 13.8. The summed E-state index contributed by atoms with van der Waals surface area (Å²) in [5.74, 6) is -0.567. The maximum atomic E-state index is 13.0. The lowest BCUT2D eigenvalue weighted by Gasteiger charge is -1.97. The highest BCUT2D eigenvalue weighted by molar-refractivity contribution is 5.75. The SMILES string of the molecule is CC(=O)CCc1nc(Cc2cc(F)cc(F)c2)no1. The Bertz CT molecular complexity index is 576. The van der Waals surface area contributed by atoms with Crippen LogP contribution in [0.3, 0.4) is 0 Å². The zero-order valence-corrected chi connectivity index (χ0v) is 10.3. The van der Waals surface area contributed by atoms with Crippen molar-refractivity contribution in [1.29, 1.82) is 0 Å². The Morgan fingerprint density at radius 2 is 1.95 bits per heavy atom. The molecule has 0 fully saturated rings. The van der Waals surface area contributed by atoms with Crippen LogP contribution in [0.2, 0.25) is 0 Å². The quantitative estimate of drug-likeness (QED) is 0.834. The third-order valence-electron chi connectivity index (χ3n) is 2.49. The molecule has 0 amide bonds. The second kappa shape index (κ2) is 5.69. The van der Waals surface area contributed by atoms with Gasteiger partial charge in [0.2, 0.25) is 5.89 Å². The fourth-order valence-corrected chi connectivity index (χ4v) is 1.64. The standard InChI is InChI=1S/C13H12F2N2O2/c1-8(18)2-3-13-16-12(17-19-13)6-9-4-10(14)7-11(15)5-9/h4-5,7H,2-3,6H2,1H3. The Kier molecular flexibility index (Phi) is 3.99. The van der Waals surface area contributed by atoms with E-state index in [4.69, 9.17) is 4.52 Å². The van der Waals surface area contributed by atoms with Gasteiger partial charge in [-0.25, -0.2) is 8.78 Å². The van der Waals surface area contributed by atoms with Crippen LogP contribution in [0.15, 0.2) is 22.7 Å². The number of carbonyl (C=O) groups excluding carboxylic acids is 1. The lowest BCUT2D eigenvalue weighted by molar-refractivity contribution is -0.117. The van der Waals surface area contributed by atoms with Gasteiger partial charge in [0.1, 0.15) is 17.4 Å². The van der Waals surface area contributed by atoms with Crippen molar-refractivity contribution in [2.45, 2.75) is 26.2 Å². The minimum Gasteiger partial charge on any atom is -0.339 e. The molecule has 0 unspecified atom stereocenters. The summed E-state index contributed by atoms with van der Waals surface area (Å²) in [5, 5.41) is 3.71. The molecule has 0 saturated carbocycles. The summed E-state index contributed by atoms with van der Waals surface area (Å²) in [6, 6.07) is 3.24. The average molecular weight is 266 g/mol. The zero-order valence-electron chi connectivity index (χ0n) is 10.3. The molecule has 0 atom stereocenters. The molecule has 6 heteroatoms. The Balaban J connectivity index is 2.05. The van der Waals surface area contributed by atoms with Crippen molar-refractivity contribution in [3.05, 3.63) is 47.1 Å². The fourth-order valence-electron chi connectivity index (χ4n) is 1.64. The van der Waals surface area contributed by atoms with Gasteiger partial charge in [-0.1, -0.05) is 5.16 Å². The first kappa shape index (κ1) is 13.3. The van der Waals surface area contributed by atoms with E-state index in [1.807, 2.05) is 0 Å². The molecule has 0 aliphatic rings. The molecule has 0 N–H and O–H groups in total. The Labute approximate surface area is 108 Å². The van der Waals surface area contributed by atoms with E-state index in [1.165, 1.54) is 19.1 Å². The predicted octanol–water partition coefficient (Wildman–Crippen LogP) is 2.46. The summed E-state index contributed by atoms with van der Waals surface area (Å²) in [5.41, 5.74) is 0.427. The van der Waals surface area contributed by atoms with Crippen molar-refractivity contribution in [3.8, 4) is 0 Å². The number of ketones is 1. The van der Waals surface area contributed by atoms with Crippen LogP contribution in [0.1, 0.15) is 30.6 Å². The van der Waals surface area contributed by atoms with Crippen molar-refractivity contribution >= 4 is 5.78 Å². The van der Waals surface area contributed by atoms with Crippen LogP contribution in [0.5, 0.6) is 0 Å². The van der Waals surface area contributed by atoms with Gasteiger partial charge in [-0.2, -0.15) is 4.98 Å². The number of aromatic nitrogens is 2. The number of aryl methyl sites for hydroxylation is 1. The molecular weight excluding hydrogens is 254 g/mol. The summed E-state index contributed by atoms with van der Waals surface area (Å²) in [7, 11) is 0. The predicted molar refractivity (Wildman–Crippen MR) is 62.5 cm³/mol. The normalized spacial score (nSPS) is 10.7. The van der Waals surface area contributed by atoms with E-state index < -0.39 is 11.6 Å². The Morgan fingerprint density at radius 3 is 2.58 bits per heavy atom. The van der Waals surface area contributed by atoms with Crippen molar-refractivity contribution < 1.29 is 18.1 Å². The van der Waals surface area contributed by atoms with Crippen LogP contribution >= 0.6 is 0 Å². The maximum Gasteiger partial charge on any atom is 0.227 e. The van der Waals surface area contributed by atoms with Crippen LogP contribution in [-0.2, 0) is 17.6 Å². The topological polar surface area (TPSA) is 56.0 Å². The molecule has 1 heterocycles. The lowest BCUT2D eigenvalue weighted by Crippen LogP contribution is -1.96. The summed E-state index contributed by atoms with van der Waals surface area (Å²) in [6.45, 7) is 1.48. The number of carbonyl (C=O) groups is 1. The summed E-state index contributed by atoms with van der Waals surface area (Å²) >= 11 is 0. The third-order valence-corrected chi connectivity index (χ3v) is 2.49. The summed E-state index contributed by atoms with van der Waals surface area (Å²) in [6.07, 6.45) is 0.883. The van der Waals surface area contributed by atoms with E-state index in [-0.39, 0.29) is 12.2 Å². The number of rotatable bonds is 5. The second-order valence-electron chi connectivity index (χ2n) is 4.26. The van der Waals surface area contributed by atoms with E-state index >= 15 is 0 Å². The molecule has 1 aromatic carbocycles. The van der Waals surface area contributed by atoms with Crippen LogP contribution in [-0.4, -0.2) is 15.9 Å². The number of halogens is 2. The van der Waals surface area contributed by atoms with Crippen molar-refractivity contribution in [1.82, 2.24) is 10.1 Å². The first-order chi connectivity index (χ1) is 9.02. The van der Waals surface area contributed by atoms with E-state index in [1.54, 1.807) is 0 Å². The van der Waals surface area contributed by atoms with E-state index in [9.17, 15) is 13.6 Å². The molecule has 100 valence electrons. The van der Waals surface area contributed by atoms with E-state index in [0.717, 1.165) is 6.07 Å². The lowest BCUT2D eigenvalue weighted by atomic mass is 10.1. The Hall–Kier alpha value is -2.11. The van der Waals surface area contributed by atoms with Gasteiger partial charge < -0.3 is 9.32 Å². The number of hydrogen-bond donors (Lipinski definition) is 0. The molecule has 4 nitrogen and oxygen atoms in total. The molecule has 0 aliphatic carbocycles. The molecule has 0 radical (unpaired) electrons. The molecule has 0 saturated heterocycles. The molecule has 0 spiro atoms. The monoisotopic (exact) mass is 266 g/mol. The van der Waals surface area contributed by atoms with Crippen molar-refractivity contribution in [2.75, 3.05) is 0 Å². The molecule has 2 aromatic rings. The van der Waals surface area contributed by atoms with Gasteiger partial charge in [0, 0.05) is 25.3 Å². The summed E-state index contributed by atoms with van der Waals surface area (Å²) in [4.78, 5) is 14.9. The molecular formula is C13H12F2N2O2. The van der Waals surface area contributed by atoms with E-state index in [2.05, 4.69) is 10.1 Å². The fraction of sp³-hybridized carbons (Fsp3) is 0.308. The van der Waals surface area contributed by atoms with Gasteiger partial charge in [0.25, 0.3) is 0 Å². The highest BCUT2D eigenvalue weighted by Crippen LogP contribution is 2.12. The van der Waals surface area contributed by atoms with Gasteiger partial charge >= 0.3 is 0 Å². The highest BCUT2D eigenvalue weighted by atomic mass is 19.1. The molecule has 1 aromatic heterocycles. The second-order valence-corrected chi connectivity index (χ2v) is 4.26. The van der Waals surface area contributed by atoms with Crippen LogP contribution in [0.4, 0.5) is 8.78 Å². The molecule has 0 aliphatic heterocycles.